The molecule has 4 rings (SSSR count). The highest BCUT2D eigenvalue weighted by Gasteiger charge is 2.52. The fourth-order valence-corrected chi connectivity index (χ4v) is 4.23. The number of aliphatic hydroxyl groups is 1. The fourth-order valence-electron chi connectivity index (χ4n) is 4.23. The molecule has 2 aromatic carbocycles. The van der Waals surface area contributed by atoms with Crippen LogP contribution in [0.2, 0.25) is 0 Å². The van der Waals surface area contributed by atoms with Crippen molar-refractivity contribution in [3.8, 4) is 17.2 Å². The first-order chi connectivity index (χ1) is 13.6. The maximum absolute atomic E-state index is 11.8. The van der Waals surface area contributed by atoms with E-state index in [-0.39, 0.29) is 0 Å². The van der Waals surface area contributed by atoms with Gasteiger partial charge in [0, 0.05) is 12.0 Å². The van der Waals surface area contributed by atoms with Gasteiger partial charge in [0.1, 0.15) is 11.4 Å². The molecule has 0 bridgehead atoms. The van der Waals surface area contributed by atoms with E-state index in [9.17, 15) is 5.11 Å². The largest absolute Gasteiger partial charge is 0.497 e. The lowest BCUT2D eigenvalue weighted by Crippen LogP contribution is -2.41. The van der Waals surface area contributed by atoms with Gasteiger partial charge in [-0.05, 0) is 55.3 Å². The predicted octanol–water partition coefficient (Wildman–Crippen LogP) is 2.97. The molecule has 148 valence electrons. The molecular formula is C22H27N2O4+. The molecule has 2 heterocycles. The predicted molar refractivity (Wildman–Crippen MR) is 108 cm³/mol. The van der Waals surface area contributed by atoms with Crippen molar-refractivity contribution < 1.29 is 23.9 Å². The van der Waals surface area contributed by atoms with Gasteiger partial charge in [0.05, 0.1) is 27.9 Å². The molecule has 0 aliphatic carbocycles. The van der Waals surface area contributed by atoms with Crippen LogP contribution in [0.25, 0.3) is 0 Å². The number of benzene rings is 2. The average molecular weight is 383 g/mol. The number of ether oxygens (including phenoxy) is 3. The Balaban J connectivity index is 1.76. The third-order valence-corrected chi connectivity index (χ3v) is 5.71. The maximum Gasteiger partial charge on any atom is 0.271 e. The summed E-state index contributed by atoms with van der Waals surface area (Å²) in [5.74, 6) is 3.26. The highest BCUT2D eigenvalue weighted by Crippen LogP contribution is 2.39. The standard InChI is InChI=1S/C22H27N2O4/c1-26-18-10-8-17(9-11-18)23-15-22(25,24-13-5-4-6-21(23)24)16-7-12-19(27-2)20(14-16)28-3/h7-12,14,25H,4-6,13,15H2,1-3H3/q+1/t22-/m0/s1. The average Bonchev–Trinajstić information content (AvgIpc) is 3.07. The van der Waals surface area contributed by atoms with E-state index in [1.807, 2.05) is 42.5 Å². The minimum Gasteiger partial charge on any atom is -0.497 e. The van der Waals surface area contributed by atoms with Gasteiger partial charge in [0.25, 0.3) is 11.6 Å². The number of hydrogen-bond donors (Lipinski definition) is 1. The minimum absolute atomic E-state index is 0.462. The number of rotatable bonds is 5. The monoisotopic (exact) mass is 383 g/mol. The highest BCUT2D eigenvalue weighted by molar-refractivity contribution is 5.96. The number of nitrogens with zero attached hydrogens (tertiary/aromatic N) is 2. The maximum atomic E-state index is 11.8. The summed E-state index contributed by atoms with van der Waals surface area (Å²) in [6.45, 7) is 1.29. The Morgan fingerprint density at radius 2 is 1.68 bits per heavy atom. The highest BCUT2D eigenvalue weighted by atomic mass is 16.5. The van der Waals surface area contributed by atoms with Crippen LogP contribution in [0, 0.1) is 0 Å². The first-order valence-corrected chi connectivity index (χ1v) is 9.60. The van der Waals surface area contributed by atoms with Crippen molar-refractivity contribution >= 4 is 11.5 Å². The van der Waals surface area contributed by atoms with Gasteiger partial charge in [0.15, 0.2) is 18.0 Å². The molecule has 0 amide bonds. The Hall–Kier alpha value is -2.73. The molecule has 0 radical (unpaired) electrons. The summed E-state index contributed by atoms with van der Waals surface area (Å²) in [5.41, 5.74) is 0.745. The summed E-state index contributed by atoms with van der Waals surface area (Å²) >= 11 is 0. The normalized spacial score (nSPS) is 21.5. The van der Waals surface area contributed by atoms with Gasteiger partial charge in [-0.3, -0.25) is 0 Å². The number of anilines is 1. The lowest BCUT2D eigenvalue weighted by atomic mass is 10.0. The zero-order chi connectivity index (χ0) is 19.7. The molecule has 2 aliphatic rings. The molecule has 6 nitrogen and oxygen atoms in total. The van der Waals surface area contributed by atoms with Crippen LogP contribution in [0.3, 0.4) is 0 Å². The Morgan fingerprint density at radius 1 is 0.929 bits per heavy atom. The number of hydrogen-bond acceptors (Lipinski definition) is 5. The summed E-state index contributed by atoms with van der Waals surface area (Å²) in [5, 5.41) is 11.8. The molecule has 0 unspecified atom stereocenters. The zero-order valence-corrected chi connectivity index (χ0v) is 16.6. The van der Waals surface area contributed by atoms with Crippen molar-refractivity contribution in [3.05, 3.63) is 48.0 Å². The van der Waals surface area contributed by atoms with E-state index < -0.39 is 5.72 Å². The Kier molecular flexibility index (Phi) is 4.89. The molecule has 0 saturated heterocycles. The van der Waals surface area contributed by atoms with Gasteiger partial charge in [-0.2, -0.15) is 0 Å². The van der Waals surface area contributed by atoms with Crippen molar-refractivity contribution in [2.24, 2.45) is 0 Å². The zero-order valence-electron chi connectivity index (χ0n) is 16.6. The van der Waals surface area contributed by atoms with Crippen LogP contribution in [-0.4, -0.2) is 49.9 Å². The van der Waals surface area contributed by atoms with E-state index in [2.05, 4.69) is 9.48 Å². The van der Waals surface area contributed by atoms with Crippen molar-refractivity contribution in [3.63, 3.8) is 0 Å². The molecule has 2 aliphatic heterocycles. The van der Waals surface area contributed by atoms with Crippen molar-refractivity contribution in [2.45, 2.75) is 25.0 Å². The van der Waals surface area contributed by atoms with Crippen molar-refractivity contribution in [2.75, 3.05) is 39.3 Å². The SMILES string of the molecule is COc1ccc(N2C[C@](O)(c3ccc(OC)c(OC)c3)[N+]3=C2CCCC3)cc1. The van der Waals surface area contributed by atoms with Crippen LogP contribution >= 0.6 is 0 Å². The van der Waals surface area contributed by atoms with Crippen LogP contribution in [-0.2, 0) is 5.72 Å². The third kappa shape index (κ3) is 2.98. The molecule has 28 heavy (non-hydrogen) atoms. The van der Waals surface area contributed by atoms with E-state index in [0.29, 0.717) is 18.0 Å². The Bertz CT molecular complexity index is 894. The van der Waals surface area contributed by atoms with Crippen LogP contribution in [0.5, 0.6) is 17.2 Å². The molecule has 2 aromatic rings. The first kappa shape index (κ1) is 18.6. The van der Waals surface area contributed by atoms with Crippen molar-refractivity contribution in [1.29, 1.82) is 0 Å². The summed E-state index contributed by atoms with van der Waals surface area (Å²) < 4.78 is 18.2. The quantitative estimate of drug-likeness (QED) is 0.805. The summed E-state index contributed by atoms with van der Waals surface area (Å²) in [6, 6.07) is 13.6. The van der Waals surface area contributed by atoms with Gasteiger partial charge >= 0.3 is 0 Å². The minimum atomic E-state index is -1.12. The molecule has 0 fully saturated rings. The first-order valence-electron chi connectivity index (χ1n) is 9.60. The van der Waals surface area contributed by atoms with E-state index in [1.165, 1.54) is 0 Å². The topological polar surface area (TPSA) is 54.2 Å². The summed E-state index contributed by atoms with van der Waals surface area (Å²) in [7, 11) is 4.89. The smallest absolute Gasteiger partial charge is 0.271 e. The lowest BCUT2D eigenvalue weighted by Gasteiger charge is -2.25. The molecule has 0 spiro atoms. The Labute approximate surface area is 165 Å². The van der Waals surface area contributed by atoms with Crippen LogP contribution in [0.1, 0.15) is 24.8 Å². The van der Waals surface area contributed by atoms with Crippen molar-refractivity contribution in [1.82, 2.24) is 0 Å². The summed E-state index contributed by atoms with van der Waals surface area (Å²) in [6.07, 6.45) is 3.14. The van der Waals surface area contributed by atoms with Gasteiger partial charge in [-0.15, -0.1) is 0 Å². The lowest BCUT2D eigenvalue weighted by molar-refractivity contribution is -0.661. The molecule has 1 atom stereocenters. The Morgan fingerprint density at radius 3 is 2.36 bits per heavy atom. The van der Waals surface area contributed by atoms with E-state index in [1.54, 1.807) is 21.3 Å². The molecule has 1 N–H and O–H groups in total. The van der Waals surface area contributed by atoms with E-state index in [0.717, 1.165) is 48.6 Å². The second-order valence-electron chi connectivity index (χ2n) is 7.20. The molecular weight excluding hydrogens is 356 g/mol. The fraction of sp³-hybridized carbons (Fsp3) is 0.409. The second-order valence-corrected chi connectivity index (χ2v) is 7.20. The van der Waals surface area contributed by atoms with Gasteiger partial charge in [-0.1, -0.05) is 0 Å². The van der Waals surface area contributed by atoms with Gasteiger partial charge < -0.3 is 19.3 Å². The second kappa shape index (κ2) is 7.36. The molecule has 0 aromatic heterocycles. The summed E-state index contributed by atoms with van der Waals surface area (Å²) in [4.78, 5) is 2.22. The molecule has 0 saturated carbocycles. The number of methoxy groups -OCH3 is 3. The van der Waals surface area contributed by atoms with E-state index in [4.69, 9.17) is 14.2 Å². The van der Waals surface area contributed by atoms with Crippen LogP contribution in [0.15, 0.2) is 42.5 Å². The van der Waals surface area contributed by atoms with E-state index >= 15 is 0 Å². The number of β-amino-alcohol motifs (C(OH)–C–C–N with tert-alkyl or cyclic N) is 1. The van der Waals surface area contributed by atoms with Crippen LogP contribution < -0.4 is 19.1 Å². The van der Waals surface area contributed by atoms with Gasteiger partial charge in [-0.25, -0.2) is 9.48 Å². The number of amidine groups is 1. The van der Waals surface area contributed by atoms with Gasteiger partial charge in [0.2, 0.25) is 0 Å². The molecule has 6 heteroatoms. The third-order valence-electron chi connectivity index (χ3n) is 5.71. The van der Waals surface area contributed by atoms with Crippen LogP contribution in [0.4, 0.5) is 5.69 Å².